The molecule has 1 aromatic carbocycles. The maximum atomic E-state index is 13.5. The Hall–Kier alpha value is -1.10. The van der Waals surface area contributed by atoms with E-state index in [0.717, 1.165) is 4.47 Å². The fourth-order valence-electron chi connectivity index (χ4n) is 1.29. The molecule has 1 aromatic rings. The van der Waals surface area contributed by atoms with Crippen molar-refractivity contribution in [2.75, 3.05) is 5.32 Å². The van der Waals surface area contributed by atoms with Gasteiger partial charge in [0.1, 0.15) is 17.5 Å². The standard InChI is InChI=1S/C13H17BrFNO2/c1-8(12(17)18-13(2,3)4)16-11-7-9(14)5-6-10(11)15/h5-8,16H,1-4H3. The van der Waals surface area contributed by atoms with Crippen LogP contribution in [0.3, 0.4) is 0 Å². The Morgan fingerprint density at radius 1 is 1.44 bits per heavy atom. The first kappa shape index (κ1) is 15.0. The molecule has 0 bridgehead atoms. The molecule has 0 aromatic heterocycles. The summed E-state index contributed by atoms with van der Waals surface area (Å²) in [6.45, 7) is 7.00. The zero-order valence-corrected chi connectivity index (χ0v) is 12.5. The molecule has 1 unspecified atom stereocenters. The molecule has 0 saturated heterocycles. The monoisotopic (exact) mass is 317 g/mol. The van der Waals surface area contributed by atoms with E-state index in [9.17, 15) is 9.18 Å². The summed E-state index contributed by atoms with van der Waals surface area (Å²) in [6, 6.07) is 3.89. The molecule has 0 aliphatic heterocycles. The van der Waals surface area contributed by atoms with Gasteiger partial charge in [0.15, 0.2) is 0 Å². The molecule has 0 spiro atoms. The number of esters is 1. The zero-order chi connectivity index (χ0) is 13.9. The van der Waals surface area contributed by atoms with Gasteiger partial charge in [-0.1, -0.05) is 15.9 Å². The molecular weight excluding hydrogens is 301 g/mol. The number of halogens is 2. The van der Waals surface area contributed by atoms with E-state index in [1.807, 2.05) is 0 Å². The summed E-state index contributed by atoms with van der Waals surface area (Å²) in [6.07, 6.45) is 0. The third kappa shape index (κ3) is 4.64. The lowest BCUT2D eigenvalue weighted by atomic mass is 10.2. The van der Waals surface area contributed by atoms with Crippen molar-refractivity contribution in [2.24, 2.45) is 0 Å². The lowest BCUT2D eigenvalue weighted by Gasteiger charge is -2.23. The quantitative estimate of drug-likeness (QED) is 0.863. The van der Waals surface area contributed by atoms with Gasteiger partial charge in [-0.3, -0.25) is 0 Å². The van der Waals surface area contributed by atoms with Crippen LogP contribution in [0.15, 0.2) is 22.7 Å². The van der Waals surface area contributed by atoms with E-state index in [0.29, 0.717) is 0 Å². The number of hydrogen-bond acceptors (Lipinski definition) is 3. The fourth-order valence-corrected chi connectivity index (χ4v) is 1.65. The number of hydrogen-bond donors (Lipinski definition) is 1. The Morgan fingerprint density at radius 3 is 2.61 bits per heavy atom. The van der Waals surface area contributed by atoms with Gasteiger partial charge >= 0.3 is 5.97 Å². The largest absolute Gasteiger partial charge is 0.458 e. The smallest absolute Gasteiger partial charge is 0.328 e. The molecule has 0 fully saturated rings. The van der Waals surface area contributed by atoms with Crippen molar-refractivity contribution >= 4 is 27.6 Å². The number of benzene rings is 1. The second-order valence-electron chi connectivity index (χ2n) is 5.02. The second kappa shape index (κ2) is 5.69. The van der Waals surface area contributed by atoms with Gasteiger partial charge in [0.05, 0.1) is 5.69 Å². The molecule has 0 aliphatic rings. The molecule has 1 atom stereocenters. The summed E-state index contributed by atoms with van der Waals surface area (Å²) in [5, 5.41) is 2.79. The zero-order valence-electron chi connectivity index (χ0n) is 10.9. The number of carbonyl (C=O) groups is 1. The number of rotatable bonds is 3. The lowest BCUT2D eigenvalue weighted by Crippen LogP contribution is -2.34. The van der Waals surface area contributed by atoms with E-state index in [4.69, 9.17) is 4.74 Å². The van der Waals surface area contributed by atoms with Gasteiger partial charge in [0, 0.05) is 4.47 Å². The first-order chi connectivity index (χ1) is 8.19. The van der Waals surface area contributed by atoms with E-state index >= 15 is 0 Å². The Balaban J connectivity index is 2.72. The lowest BCUT2D eigenvalue weighted by molar-refractivity contribution is -0.155. The van der Waals surface area contributed by atoms with E-state index in [1.54, 1.807) is 39.8 Å². The third-order valence-corrected chi connectivity index (χ3v) is 2.55. The Labute approximate surface area is 115 Å². The fraction of sp³-hybridized carbons (Fsp3) is 0.462. The molecular formula is C13H17BrFNO2. The minimum Gasteiger partial charge on any atom is -0.458 e. The molecule has 18 heavy (non-hydrogen) atoms. The highest BCUT2D eigenvalue weighted by molar-refractivity contribution is 9.10. The van der Waals surface area contributed by atoms with Crippen LogP contribution in [0.1, 0.15) is 27.7 Å². The molecule has 5 heteroatoms. The van der Waals surface area contributed by atoms with Crippen LogP contribution in [0.2, 0.25) is 0 Å². The highest BCUT2D eigenvalue weighted by atomic mass is 79.9. The van der Waals surface area contributed by atoms with Crippen LogP contribution in [0.25, 0.3) is 0 Å². The molecule has 0 amide bonds. The average molecular weight is 318 g/mol. The molecule has 3 nitrogen and oxygen atoms in total. The molecule has 1 N–H and O–H groups in total. The Morgan fingerprint density at radius 2 is 2.06 bits per heavy atom. The first-order valence-electron chi connectivity index (χ1n) is 5.63. The van der Waals surface area contributed by atoms with Gasteiger partial charge in [-0.25, -0.2) is 9.18 Å². The maximum Gasteiger partial charge on any atom is 0.328 e. The summed E-state index contributed by atoms with van der Waals surface area (Å²) in [5.41, 5.74) is -0.286. The van der Waals surface area contributed by atoms with Gasteiger partial charge < -0.3 is 10.1 Å². The van der Waals surface area contributed by atoms with E-state index in [-0.39, 0.29) is 5.69 Å². The number of ether oxygens (including phenoxy) is 1. The van der Waals surface area contributed by atoms with Crippen molar-refractivity contribution < 1.29 is 13.9 Å². The van der Waals surface area contributed by atoms with Gasteiger partial charge in [-0.2, -0.15) is 0 Å². The number of carbonyl (C=O) groups excluding carboxylic acids is 1. The van der Waals surface area contributed by atoms with Crippen molar-refractivity contribution in [1.82, 2.24) is 0 Å². The highest BCUT2D eigenvalue weighted by Gasteiger charge is 2.22. The first-order valence-corrected chi connectivity index (χ1v) is 6.43. The van der Waals surface area contributed by atoms with Crippen molar-refractivity contribution in [1.29, 1.82) is 0 Å². The summed E-state index contributed by atoms with van der Waals surface area (Å²) in [7, 11) is 0. The SMILES string of the molecule is CC(Nc1cc(Br)ccc1F)C(=O)OC(C)(C)C. The second-order valence-corrected chi connectivity index (χ2v) is 5.94. The van der Waals surface area contributed by atoms with Crippen LogP contribution in [0, 0.1) is 5.82 Å². The minimum atomic E-state index is -0.618. The molecule has 0 saturated carbocycles. The number of nitrogens with one attached hydrogen (secondary N) is 1. The normalized spacial score (nSPS) is 13.0. The number of anilines is 1. The van der Waals surface area contributed by atoms with Crippen LogP contribution in [-0.2, 0) is 9.53 Å². The van der Waals surface area contributed by atoms with Crippen LogP contribution < -0.4 is 5.32 Å². The summed E-state index contributed by atoms with van der Waals surface area (Å²) >= 11 is 3.25. The highest BCUT2D eigenvalue weighted by Crippen LogP contribution is 2.21. The third-order valence-electron chi connectivity index (χ3n) is 2.06. The predicted octanol–water partition coefficient (Wildman–Crippen LogP) is 3.73. The summed E-state index contributed by atoms with van der Waals surface area (Å²) < 4.78 is 19.4. The van der Waals surface area contributed by atoms with E-state index in [1.165, 1.54) is 6.07 Å². The Bertz CT molecular complexity index is 443. The molecule has 100 valence electrons. The molecule has 1 rings (SSSR count). The van der Waals surface area contributed by atoms with Crippen LogP contribution in [0.4, 0.5) is 10.1 Å². The summed E-state index contributed by atoms with van der Waals surface area (Å²) in [5.74, 6) is -0.824. The predicted molar refractivity (Wildman–Crippen MR) is 73.0 cm³/mol. The molecule has 0 radical (unpaired) electrons. The van der Waals surface area contributed by atoms with E-state index < -0.39 is 23.4 Å². The molecule has 0 heterocycles. The van der Waals surface area contributed by atoms with Crippen LogP contribution in [0.5, 0.6) is 0 Å². The topological polar surface area (TPSA) is 38.3 Å². The van der Waals surface area contributed by atoms with Crippen molar-refractivity contribution in [2.45, 2.75) is 39.3 Å². The van der Waals surface area contributed by atoms with Gasteiger partial charge in [-0.05, 0) is 45.9 Å². The van der Waals surface area contributed by atoms with Gasteiger partial charge in [0.2, 0.25) is 0 Å². The van der Waals surface area contributed by atoms with Gasteiger partial charge in [-0.15, -0.1) is 0 Å². The van der Waals surface area contributed by atoms with Crippen molar-refractivity contribution in [3.8, 4) is 0 Å². The van der Waals surface area contributed by atoms with E-state index in [2.05, 4.69) is 21.2 Å². The van der Waals surface area contributed by atoms with Crippen molar-refractivity contribution in [3.63, 3.8) is 0 Å². The molecule has 0 aliphatic carbocycles. The van der Waals surface area contributed by atoms with Gasteiger partial charge in [0.25, 0.3) is 0 Å². The Kier molecular flexibility index (Phi) is 4.73. The van der Waals surface area contributed by atoms with Crippen molar-refractivity contribution in [3.05, 3.63) is 28.5 Å². The summed E-state index contributed by atoms with van der Waals surface area (Å²) in [4.78, 5) is 11.7. The minimum absolute atomic E-state index is 0.266. The average Bonchev–Trinajstić information content (AvgIpc) is 2.21. The maximum absolute atomic E-state index is 13.5. The van der Waals surface area contributed by atoms with Crippen LogP contribution in [-0.4, -0.2) is 17.6 Å². The van der Waals surface area contributed by atoms with Crippen LogP contribution >= 0.6 is 15.9 Å².